The molecular formula is C14H17NO. The molecule has 1 rings (SSSR count). The van der Waals surface area contributed by atoms with E-state index in [-0.39, 0.29) is 5.91 Å². The van der Waals surface area contributed by atoms with Crippen LogP contribution in [0.15, 0.2) is 24.3 Å². The van der Waals surface area contributed by atoms with Gasteiger partial charge in [-0.25, -0.2) is 0 Å². The Kier molecular flexibility index (Phi) is 4.60. The molecule has 0 aromatic heterocycles. The number of terminal acetylenes is 1. The average Bonchev–Trinajstić information content (AvgIpc) is 2.28. The van der Waals surface area contributed by atoms with E-state index in [1.165, 1.54) is 0 Å². The second kappa shape index (κ2) is 5.97. The standard InChI is InChI=1S/C14H17NO/c1-4-10-15(11-5-2)14(16)13-9-7-6-8-12(13)3/h1,6-9H,5,10-11H2,2-3H3. The molecule has 1 aromatic carbocycles. The van der Waals surface area contributed by atoms with Crippen molar-refractivity contribution >= 4 is 5.91 Å². The van der Waals surface area contributed by atoms with Crippen molar-refractivity contribution < 1.29 is 4.79 Å². The molecule has 0 saturated heterocycles. The normalized spacial score (nSPS) is 9.56. The molecule has 2 nitrogen and oxygen atoms in total. The van der Waals surface area contributed by atoms with E-state index >= 15 is 0 Å². The summed E-state index contributed by atoms with van der Waals surface area (Å²) in [5, 5.41) is 0. The molecule has 84 valence electrons. The molecule has 2 heteroatoms. The first-order valence-corrected chi connectivity index (χ1v) is 5.49. The van der Waals surface area contributed by atoms with Crippen LogP contribution in [-0.4, -0.2) is 23.9 Å². The average molecular weight is 215 g/mol. The summed E-state index contributed by atoms with van der Waals surface area (Å²) in [6, 6.07) is 7.59. The van der Waals surface area contributed by atoms with Crippen molar-refractivity contribution in [2.75, 3.05) is 13.1 Å². The summed E-state index contributed by atoms with van der Waals surface area (Å²) in [7, 11) is 0. The molecule has 0 aliphatic heterocycles. The van der Waals surface area contributed by atoms with Gasteiger partial charge in [0.1, 0.15) is 0 Å². The Morgan fingerprint density at radius 3 is 2.69 bits per heavy atom. The van der Waals surface area contributed by atoms with Crippen LogP contribution >= 0.6 is 0 Å². The van der Waals surface area contributed by atoms with Gasteiger partial charge in [-0.1, -0.05) is 31.0 Å². The zero-order valence-electron chi connectivity index (χ0n) is 9.86. The number of hydrogen-bond acceptors (Lipinski definition) is 1. The number of nitrogens with zero attached hydrogens (tertiary/aromatic N) is 1. The van der Waals surface area contributed by atoms with Crippen LogP contribution in [0.5, 0.6) is 0 Å². The number of rotatable bonds is 4. The van der Waals surface area contributed by atoms with E-state index in [0.29, 0.717) is 13.1 Å². The van der Waals surface area contributed by atoms with Gasteiger partial charge >= 0.3 is 0 Å². The lowest BCUT2D eigenvalue weighted by atomic mass is 10.1. The van der Waals surface area contributed by atoms with Gasteiger partial charge in [0.05, 0.1) is 6.54 Å². The van der Waals surface area contributed by atoms with E-state index in [2.05, 4.69) is 5.92 Å². The number of aryl methyl sites for hydroxylation is 1. The fourth-order valence-corrected chi connectivity index (χ4v) is 1.62. The third-order valence-corrected chi connectivity index (χ3v) is 2.44. The van der Waals surface area contributed by atoms with Crippen LogP contribution in [-0.2, 0) is 0 Å². The van der Waals surface area contributed by atoms with Gasteiger partial charge in [-0.05, 0) is 25.0 Å². The van der Waals surface area contributed by atoms with Gasteiger partial charge in [0.2, 0.25) is 0 Å². The molecule has 0 aliphatic carbocycles. The lowest BCUT2D eigenvalue weighted by Gasteiger charge is -2.20. The van der Waals surface area contributed by atoms with Crippen molar-refractivity contribution in [1.82, 2.24) is 4.90 Å². The summed E-state index contributed by atoms with van der Waals surface area (Å²) in [6.07, 6.45) is 6.19. The Bertz CT molecular complexity index is 403. The van der Waals surface area contributed by atoms with Crippen LogP contribution in [0.3, 0.4) is 0 Å². The minimum absolute atomic E-state index is 0.0258. The minimum Gasteiger partial charge on any atom is -0.328 e. The second-order valence-corrected chi connectivity index (χ2v) is 3.75. The Morgan fingerprint density at radius 1 is 1.44 bits per heavy atom. The molecule has 0 atom stereocenters. The van der Waals surface area contributed by atoms with Crippen molar-refractivity contribution in [3.63, 3.8) is 0 Å². The molecule has 16 heavy (non-hydrogen) atoms. The number of hydrogen-bond donors (Lipinski definition) is 0. The number of amides is 1. The highest BCUT2D eigenvalue weighted by Gasteiger charge is 2.15. The summed E-state index contributed by atoms with van der Waals surface area (Å²) in [5.74, 6) is 2.55. The molecule has 1 aromatic rings. The molecule has 0 N–H and O–H groups in total. The Labute approximate surface area is 97.3 Å². The molecule has 0 saturated carbocycles. The van der Waals surface area contributed by atoms with Gasteiger partial charge < -0.3 is 4.90 Å². The molecule has 0 aliphatic rings. The van der Waals surface area contributed by atoms with Gasteiger partial charge in [-0.2, -0.15) is 0 Å². The van der Waals surface area contributed by atoms with Gasteiger partial charge in [-0.15, -0.1) is 6.42 Å². The molecular weight excluding hydrogens is 198 g/mol. The topological polar surface area (TPSA) is 20.3 Å². The van der Waals surface area contributed by atoms with Crippen molar-refractivity contribution in [3.8, 4) is 12.3 Å². The Morgan fingerprint density at radius 2 is 2.12 bits per heavy atom. The van der Waals surface area contributed by atoms with Gasteiger partial charge in [-0.3, -0.25) is 4.79 Å². The molecule has 0 radical (unpaired) electrons. The molecule has 0 spiro atoms. The van der Waals surface area contributed by atoms with Gasteiger partial charge in [0.25, 0.3) is 5.91 Å². The third-order valence-electron chi connectivity index (χ3n) is 2.44. The van der Waals surface area contributed by atoms with Crippen LogP contribution in [0.4, 0.5) is 0 Å². The first-order valence-electron chi connectivity index (χ1n) is 5.49. The largest absolute Gasteiger partial charge is 0.328 e. The third kappa shape index (κ3) is 2.87. The maximum atomic E-state index is 12.2. The summed E-state index contributed by atoms with van der Waals surface area (Å²) in [6.45, 7) is 5.06. The number of benzene rings is 1. The van der Waals surface area contributed by atoms with Crippen molar-refractivity contribution in [2.45, 2.75) is 20.3 Å². The Hall–Kier alpha value is -1.75. The zero-order chi connectivity index (χ0) is 12.0. The first-order chi connectivity index (χ1) is 7.70. The summed E-state index contributed by atoms with van der Waals surface area (Å²) in [5.41, 5.74) is 1.73. The smallest absolute Gasteiger partial charge is 0.254 e. The van der Waals surface area contributed by atoms with Gasteiger partial charge in [0, 0.05) is 12.1 Å². The number of carbonyl (C=O) groups excluding carboxylic acids is 1. The van der Waals surface area contributed by atoms with Crippen LogP contribution in [0.25, 0.3) is 0 Å². The number of carbonyl (C=O) groups is 1. The zero-order valence-corrected chi connectivity index (χ0v) is 9.86. The van der Waals surface area contributed by atoms with Crippen LogP contribution < -0.4 is 0 Å². The van der Waals surface area contributed by atoms with Crippen molar-refractivity contribution in [3.05, 3.63) is 35.4 Å². The van der Waals surface area contributed by atoms with Crippen LogP contribution in [0.2, 0.25) is 0 Å². The van der Waals surface area contributed by atoms with Crippen molar-refractivity contribution in [2.24, 2.45) is 0 Å². The molecule has 0 bridgehead atoms. The molecule has 1 amide bonds. The van der Waals surface area contributed by atoms with E-state index in [9.17, 15) is 4.79 Å². The predicted octanol–water partition coefficient (Wildman–Crippen LogP) is 2.48. The highest BCUT2D eigenvalue weighted by atomic mass is 16.2. The maximum Gasteiger partial charge on any atom is 0.254 e. The van der Waals surface area contributed by atoms with E-state index < -0.39 is 0 Å². The van der Waals surface area contributed by atoms with Crippen LogP contribution in [0, 0.1) is 19.3 Å². The van der Waals surface area contributed by atoms with E-state index in [1.807, 2.05) is 38.1 Å². The summed E-state index contributed by atoms with van der Waals surface area (Å²) < 4.78 is 0. The van der Waals surface area contributed by atoms with E-state index in [1.54, 1.807) is 4.90 Å². The SMILES string of the molecule is C#CCN(CCC)C(=O)c1ccccc1C. The van der Waals surface area contributed by atoms with E-state index in [4.69, 9.17) is 6.42 Å². The molecule has 0 unspecified atom stereocenters. The minimum atomic E-state index is 0.0258. The van der Waals surface area contributed by atoms with Gasteiger partial charge in [0.15, 0.2) is 0 Å². The highest BCUT2D eigenvalue weighted by Crippen LogP contribution is 2.10. The second-order valence-electron chi connectivity index (χ2n) is 3.75. The maximum absolute atomic E-state index is 12.2. The van der Waals surface area contributed by atoms with E-state index in [0.717, 1.165) is 17.5 Å². The molecule has 0 fully saturated rings. The summed E-state index contributed by atoms with van der Waals surface area (Å²) >= 11 is 0. The predicted molar refractivity (Wildman–Crippen MR) is 66.2 cm³/mol. The fraction of sp³-hybridized carbons (Fsp3) is 0.357. The van der Waals surface area contributed by atoms with Crippen LogP contribution in [0.1, 0.15) is 29.3 Å². The first kappa shape index (κ1) is 12.3. The fourth-order valence-electron chi connectivity index (χ4n) is 1.62. The molecule has 0 heterocycles. The van der Waals surface area contributed by atoms with Crippen molar-refractivity contribution in [1.29, 1.82) is 0 Å². The quantitative estimate of drug-likeness (QED) is 0.707. The Balaban J connectivity index is 2.91. The lowest BCUT2D eigenvalue weighted by Crippen LogP contribution is -2.32. The summed E-state index contributed by atoms with van der Waals surface area (Å²) in [4.78, 5) is 13.9. The highest BCUT2D eigenvalue weighted by molar-refractivity contribution is 5.95. The monoisotopic (exact) mass is 215 g/mol. The lowest BCUT2D eigenvalue weighted by molar-refractivity contribution is 0.0776.